The molecule has 82 valence electrons. The van der Waals surface area contributed by atoms with Crippen molar-refractivity contribution >= 4 is 5.97 Å². The Morgan fingerprint density at radius 2 is 1.80 bits per heavy atom. The second-order valence-corrected chi connectivity index (χ2v) is 4.93. The fraction of sp³-hybridized carbons (Fsp3) is 0.462. The summed E-state index contributed by atoms with van der Waals surface area (Å²) in [6, 6.07) is 9.66. The highest BCUT2D eigenvalue weighted by Crippen LogP contribution is 2.28. The quantitative estimate of drug-likeness (QED) is 0.752. The van der Waals surface area contributed by atoms with Crippen LogP contribution in [0, 0.1) is 11.3 Å². The van der Waals surface area contributed by atoms with Crippen molar-refractivity contribution in [3.63, 3.8) is 0 Å². The molecule has 0 fully saturated rings. The van der Waals surface area contributed by atoms with Gasteiger partial charge in [0.1, 0.15) is 0 Å². The zero-order valence-electron chi connectivity index (χ0n) is 9.49. The molecular weight excluding hydrogens is 188 g/mol. The third-order valence-electron chi connectivity index (χ3n) is 2.61. The molecule has 0 aliphatic carbocycles. The molecule has 2 nitrogen and oxygen atoms in total. The summed E-state index contributed by atoms with van der Waals surface area (Å²) in [6.07, 6.45) is 0.534. The number of carbonyl (C=O) groups is 1. The third-order valence-corrected chi connectivity index (χ3v) is 2.61. The molecule has 0 aliphatic rings. The van der Waals surface area contributed by atoms with Crippen molar-refractivity contribution < 1.29 is 9.90 Å². The van der Waals surface area contributed by atoms with E-state index in [4.69, 9.17) is 0 Å². The van der Waals surface area contributed by atoms with E-state index in [2.05, 4.69) is 0 Å². The molecule has 0 radical (unpaired) electrons. The normalized spacial score (nSPS) is 13.5. The van der Waals surface area contributed by atoms with Crippen LogP contribution in [0.4, 0.5) is 0 Å². The first kappa shape index (κ1) is 11.8. The van der Waals surface area contributed by atoms with Crippen molar-refractivity contribution in [2.24, 2.45) is 11.3 Å². The predicted molar refractivity (Wildman–Crippen MR) is 58.1 cm³/mol. The summed E-state index contributed by atoms with van der Waals surface area (Å²) in [4.78, 5) is 11.0. The largest absolute Gasteiger partial charge is 0.550 e. The van der Waals surface area contributed by atoms with Crippen LogP contribution < -0.4 is 5.11 Å². The van der Waals surface area contributed by atoms with E-state index in [0.717, 1.165) is 5.56 Å². The van der Waals surface area contributed by atoms with Crippen molar-refractivity contribution in [1.29, 1.82) is 0 Å². The van der Waals surface area contributed by atoms with E-state index < -0.39 is 11.9 Å². The van der Waals surface area contributed by atoms with Gasteiger partial charge in [-0.25, -0.2) is 0 Å². The van der Waals surface area contributed by atoms with Crippen molar-refractivity contribution in [3.05, 3.63) is 35.9 Å². The van der Waals surface area contributed by atoms with Crippen LogP contribution in [-0.4, -0.2) is 5.97 Å². The van der Waals surface area contributed by atoms with Gasteiger partial charge in [-0.1, -0.05) is 51.1 Å². The minimum absolute atomic E-state index is 0.269. The van der Waals surface area contributed by atoms with Crippen molar-refractivity contribution in [2.45, 2.75) is 27.2 Å². The van der Waals surface area contributed by atoms with Crippen molar-refractivity contribution in [3.8, 4) is 0 Å². The number of carbonyl (C=O) groups excluding carboxylic acids is 1. The Bertz CT molecular complexity index is 322. The van der Waals surface area contributed by atoms with E-state index in [1.807, 2.05) is 51.1 Å². The molecule has 1 aromatic carbocycles. The van der Waals surface area contributed by atoms with Gasteiger partial charge in [0, 0.05) is 11.9 Å². The van der Waals surface area contributed by atoms with E-state index in [0.29, 0.717) is 6.42 Å². The van der Waals surface area contributed by atoms with Crippen LogP contribution in [0.5, 0.6) is 0 Å². The summed E-state index contributed by atoms with van der Waals surface area (Å²) in [5, 5.41) is 11.0. The number of carboxylic acid groups (broad SMARTS) is 1. The van der Waals surface area contributed by atoms with Crippen LogP contribution in [0.1, 0.15) is 26.3 Å². The molecule has 0 unspecified atom stereocenters. The standard InChI is InChI=1S/C13H18O2/c1-13(2,3)11(12(14)15)9-10-7-5-4-6-8-10/h4-8,11H,9H2,1-3H3,(H,14,15)/p-1/t11-/m1/s1. The first-order valence-electron chi connectivity index (χ1n) is 5.16. The van der Waals surface area contributed by atoms with E-state index in [1.54, 1.807) is 0 Å². The number of hydrogen-bond acceptors (Lipinski definition) is 2. The Kier molecular flexibility index (Phi) is 3.51. The van der Waals surface area contributed by atoms with Gasteiger partial charge >= 0.3 is 0 Å². The maximum Gasteiger partial charge on any atom is 0.0453 e. The lowest BCUT2D eigenvalue weighted by molar-refractivity contribution is -0.314. The Morgan fingerprint density at radius 1 is 1.27 bits per heavy atom. The highest BCUT2D eigenvalue weighted by atomic mass is 16.4. The highest BCUT2D eigenvalue weighted by Gasteiger charge is 2.25. The molecule has 0 amide bonds. The van der Waals surface area contributed by atoms with Gasteiger partial charge in [-0.05, 0) is 17.4 Å². The van der Waals surface area contributed by atoms with Crippen LogP contribution in [0.2, 0.25) is 0 Å². The third kappa shape index (κ3) is 3.39. The van der Waals surface area contributed by atoms with E-state index in [9.17, 15) is 9.90 Å². The second-order valence-electron chi connectivity index (χ2n) is 4.93. The molecule has 0 heterocycles. The fourth-order valence-electron chi connectivity index (χ4n) is 1.59. The number of hydrogen-bond donors (Lipinski definition) is 0. The van der Waals surface area contributed by atoms with Gasteiger partial charge < -0.3 is 9.90 Å². The Labute approximate surface area is 90.9 Å². The van der Waals surface area contributed by atoms with Crippen LogP contribution in [0.3, 0.4) is 0 Å². The van der Waals surface area contributed by atoms with Gasteiger partial charge in [0.05, 0.1) is 0 Å². The Hall–Kier alpha value is -1.31. The Morgan fingerprint density at radius 3 is 2.20 bits per heavy atom. The number of rotatable bonds is 3. The molecule has 0 aliphatic heterocycles. The number of benzene rings is 1. The summed E-state index contributed by atoms with van der Waals surface area (Å²) in [7, 11) is 0. The number of carboxylic acids is 1. The van der Waals surface area contributed by atoms with Gasteiger partial charge in [0.15, 0.2) is 0 Å². The van der Waals surface area contributed by atoms with E-state index in [-0.39, 0.29) is 5.41 Å². The lowest BCUT2D eigenvalue weighted by Crippen LogP contribution is -2.40. The van der Waals surface area contributed by atoms with Gasteiger partial charge in [0.25, 0.3) is 0 Å². The average molecular weight is 205 g/mol. The molecule has 1 aromatic rings. The van der Waals surface area contributed by atoms with Crippen molar-refractivity contribution in [2.75, 3.05) is 0 Å². The SMILES string of the molecule is CC(C)(C)[C@H](Cc1ccccc1)C(=O)[O-]. The fourth-order valence-corrected chi connectivity index (χ4v) is 1.59. The summed E-state index contributed by atoms with van der Waals surface area (Å²) in [5.74, 6) is -1.41. The minimum atomic E-state index is -0.966. The van der Waals surface area contributed by atoms with Crippen LogP contribution >= 0.6 is 0 Å². The molecular formula is C13H17O2-. The van der Waals surface area contributed by atoms with E-state index >= 15 is 0 Å². The molecule has 15 heavy (non-hydrogen) atoms. The van der Waals surface area contributed by atoms with E-state index in [1.165, 1.54) is 0 Å². The van der Waals surface area contributed by atoms with Gasteiger partial charge in [0.2, 0.25) is 0 Å². The van der Waals surface area contributed by atoms with Gasteiger partial charge in [-0.15, -0.1) is 0 Å². The second kappa shape index (κ2) is 4.47. The van der Waals surface area contributed by atoms with Crippen molar-refractivity contribution in [1.82, 2.24) is 0 Å². The molecule has 0 bridgehead atoms. The maximum atomic E-state index is 11.0. The molecule has 0 saturated heterocycles. The van der Waals surface area contributed by atoms with Gasteiger partial charge in [-0.2, -0.15) is 0 Å². The van der Waals surface area contributed by atoms with Crippen LogP contribution in [0.25, 0.3) is 0 Å². The van der Waals surface area contributed by atoms with Gasteiger partial charge in [-0.3, -0.25) is 0 Å². The monoisotopic (exact) mass is 205 g/mol. The summed E-state index contributed by atoms with van der Waals surface area (Å²) >= 11 is 0. The average Bonchev–Trinajstić information content (AvgIpc) is 2.13. The summed E-state index contributed by atoms with van der Waals surface area (Å²) < 4.78 is 0. The molecule has 2 heteroatoms. The zero-order chi connectivity index (χ0) is 11.5. The lowest BCUT2D eigenvalue weighted by atomic mass is 9.77. The zero-order valence-corrected chi connectivity index (χ0v) is 9.49. The summed E-state index contributed by atoms with van der Waals surface area (Å²) in [5.41, 5.74) is 0.774. The molecule has 1 atom stereocenters. The summed E-state index contributed by atoms with van der Waals surface area (Å²) in [6.45, 7) is 5.78. The molecule has 0 N–H and O–H groups in total. The first-order chi connectivity index (χ1) is 6.91. The highest BCUT2D eigenvalue weighted by molar-refractivity contribution is 5.69. The molecule has 0 aromatic heterocycles. The minimum Gasteiger partial charge on any atom is -0.550 e. The topological polar surface area (TPSA) is 40.1 Å². The first-order valence-corrected chi connectivity index (χ1v) is 5.16. The van der Waals surface area contributed by atoms with Crippen LogP contribution in [-0.2, 0) is 11.2 Å². The Balaban J connectivity index is 2.82. The van der Waals surface area contributed by atoms with Crippen LogP contribution in [0.15, 0.2) is 30.3 Å². The smallest absolute Gasteiger partial charge is 0.0453 e. The lowest BCUT2D eigenvalue weighted by Gasteiger charge is -2.31. The maximum absolute atomic E-state index is 11.0. The molecule has 1 rings (SSSR count). The molecule has 0 spiro atoms. The number of aliphatic carboxylic acids is 1. The predicted octanol–water partition coefficient (Wildman–Crippen LogP) is 1.64. The molecule has 0 saturated carbocycles.